The van der Waals surface area contributed by atoms with Crippen LogP contribution in [-0.4, -0.2) is 47.3 Å². The number of carbonyl (C=O) groups is 1. The molecule has 42 heavy (non-hydrogen) atoms. The van der Waals surface area contributed by atoms with Crippen molar-refractivity contribution in [2.75, 3.05) is 13.7 Å². The maximum absolute atomic E-state index is 14.1. The van der Waals surface area contributed by atoms with Gasteiger partial charge >= 0.3 is 6.18 Å². The number of methoxy groups -OCH3 is 1. The van der Waals surface area contributed by atoms with Crippen molar-refractivity contribution < 1.29 is 32.2 Å². The molecule has 0 radical (unpaired) electrons. The van der Waals surface area contributed by atoms with Crippen molar-refractivity contribution in [3.05, 3.63) is 57.9 Å². The lowest BCUT2D eigenvalue weighted by atomic mass is 9.85. The van der Waals surface area contributed by atoms with E-state index in [1.807, 2.05) is 0 Å². The second kappa shape index (κ2) is 11.1. The maximum Gasteiger partial charge on any atom is 0.427 e. The molecule has 1 amide bonds. The minimum absolute atomic E-state index is 0.0348. The molecule has 1 aliphatic carbocycles. The zero-order valence-electron chi connectivity index (χ0n) is 23.8. The number of benzene rings is 2. The summed E-state index contributed by atoms with van der Waals surface area (Å²) in [6.45, 7) is 3.80. The highest BCUT2D eigenvalue weighted by molar-refractivity contribution is 7.12. The molecule has 0 bridgehead atoms. The summed E-state index contributed by atoms with van der Waals surface area (Å²) in [5, 5.41) is 3.92. The number of carbonyl (C=O) groups excluding carboxylic acids is 1. The van der Waals surface area contributed by atoms with Crippen LogP contribution >= 0.6 is 11.3 Å². The number of halogens is 3. The van der Waals surface area contributed by atoms with E-state index < -0.39 is 16.8 Å². The number of hydrogen-bond donors (Lipinski definition) is 1. The van der Waals surface area contributed by atoms with Crippen LogP contribution in [0.2, 0.25) is 0 Å². The highest BCUT2D eigenvalue weighted by atomic mass is 32.1. The molecule has 0 spiro atoms. The molecule has 1 saturated heterocycles. The van der Waals surface area contributed by atoms with Gasteiger partial charge in [-0.1, -0.05) is 43.2 Å². The lowest BCUT2D eigenvalue weighted by Crippen LogP contribution is -2.42. The number of amides is 1. The summed E-state index contributed by atoms with van der Waals surface area (Å²) >= 11 is 0.588. The second-order valence-corrected chi connectivity index (χ2v) is 12.8. The van der Waals surface area contributed by atoms with Crippen molar-refractivity contribution in [1.82, 2.24) is 15.2 Å². The van der Waals surface area contributed by atoms with Crippen molar-refractivity contribution in [2.24, 2.45) is 5.92 Å². The van der Waals surface area contributed by atoms with E-state index in [-0.39, 0.29) is 29.2 Å². The Bertz CT molecular complexity index is 1450. The Labute approximate surface area is 247 Å². The molecule has 0 unspecified atom stereocenters. The molecule has 1 aromatic heterocycles. The molecule has 3 heterocycles. The van der Waals surface area contributed by atoms with Crippen molar-refractivity contribution in [2.45, 2.75) is 76.5 Å². The highest BCUT2D eigenvalue weighted by Crippen LogP contribution is 2.47. The van der Waals surface area contributed by atoms with Gasteiger partial charge in [-0.15, -0.1) is 11.3 Å². The van der Waals surface area contributed by atoms with Gasteiger partial charge in [-0.3, -0.25) is 4.79 Å². The minimum atomic E-state index is -4.57. The fourth-order valence-corrected chi connectivity index (χ4v) is 7.35. The molecule has 11 heteroatoms. The van der Waals surface area contributed by atoms with Crippen molar-refractivity contribution in [1.29, 1.82) is 0 Å². The molecular weight excluding hydrogens is 567 g/mol. The normalized spacial score (nSPS) is 22.6. The standard InChI is InChI=1S/C31H34F3N3O4S/c1-30(2)40-24-15-20(14-23(39-3)27(24)41-30)29(38)37(16-21-13-19-11-7-8-12-22(19)35-21)17-25-36-26(18-9-5-4-6-10-18)28(42-25)31(32,33)34/h4-6,9-10,14-15,19,21-22,35H,7-8,11-13,16-17H2,1-3H3/t19-,21-,22-/m0/s1. The summed E-state index contributed by atoms with van der Waals surface area (Å²) in [4.78, 5) is 19.4. The minimum Gasteiger partial charge on any atom is -0.493 e. The molecule has 7 nitrogen and oxygen atoms in total. The Balaban J connectivity index is 1.34. The van der Waals surface area contributed by atoms with Crippen LogP contribution in [0.5, 0.6) is 17.2 Å². The van der Waals surface area contributed by atoms with E-state index in [0.717, 1.165) is 19.3 Å². The van der Waals surface area contributed by atoms with Crippen LogP contribution in [0.25, 0.3) is 11.3 Å². The fraction of sp³-hybridized carbons (Fsp3) is 0.484. The van der Waals surface area contributed by atoms with Crippen LogP contribution in [0, 0.1) is 5.92 Å². The summed E-state index contributed by atoms with van der Waals surface area (Å²) in [7, 11) is 1.49. The van der Waals surface area contributed by atoms with E-state index >= 15 is 0 Å². The van der Waals surface area contributed by atoms with E-state index in [4.69, 9.17) is 14.2 Å². The van der Waals surface area contributed by atoms with E-state index in [1.54, 1.807) is 61.2 Å². The molecule has 1 saturated carbocycles. The molecule has 3 atom stereocenters. The molecule has 3 aromatic rings. The first-order valence-corrected chi connectivity index (χ1v) is 15.1. The molecule has 2 fully saturated rings. The summed E-state index contributed by atoms with van der Waals surface area (Å²) < 4.78 is 59.6. The molecular formula is C31H34F3N3O4S. The summed E-state index contributed by atoms with van der Waals surface area (Å²) in [6.07, 6.45) is 0.987. The number of hydrogen-bond acceptors (Lipinski definition) is 7. The van der Waals surface area contributed by atoms with E-state index in [0.29, 0.717) is 58.2 Å². The lowest BCUT2D eigenvalue weighted by Gasteiger charge is -2.26. The third kappa shape index (κ3) is 5.81. The largest absolute Gasteiger partial charge is 0.493 e. The smallest absolute Gasteiger partial charge is 0.427 e. The first kappa shape index (κ1) is 28.8. The van der Waals surface area contributed by atoms with Gasteiger partial charge in [0.2, 0.25) is 11.5 Å². The first-order valence-electron chi connectivity index (χ1n) is 14.3. The summed E-state index contributed by atoms with van der Waals surface area (Å²) in [5.74, 6) is 0.429. The Kier molecular flexibility index (Phi) is 7.59. The van der Waals surface area contributed by atoms with Crippen molar-refractivity contribution in [3.63, 3.8) is 0 Å². The van der Waals surface area contributed by atoms with Gasteiger partial charge in [-0.25, -0.2) is 4.98 Å². The van der Waals surface area contributed by atoms with Gasteiger partial charge in [0.25, 0.3) is 5.91 Å². The molecule has 1 N–H and O–H groups in total. The zero-order chi connectivity index (χ0) is 29.6. The average Bonchev–Trinajstić information content (AvgIpc) is 3.65. The van der Waals surface area contributed by atoms with Gasteiger partial charge in [-0.2, -0.15) is 13.2 Å². The van der Waals surface area contributed by atoms with Crippen LogP contribution in [0.3, 0.4) is 0 Å². The molecule has 224 valence electrons. The Morgan fingerprint density at radius 1 is 1.17 bits per heavy atom. The Morgan fingerprint density at radius 2 is 1.93 bits per heavy atom. The second-order valence-electron chi connectivity index (χ2n) is 11.7. The van der Waals surface area contributed by atoms with Gasteiger partial charge in [0.05, 0.1) is 19.3 Å². The predicted molar refractivity (Wildman–Crippen MR) is 153 cm³/mol. The average molecular weight is 602 g/mol. The van der Waals surface area contributed by atoms with Gasteiger partial charge in [-0.05, 0) is 37.3 Å². The van der Waals surface area contributed by atoms with Crippen LogP contribution in [0.4, 0.5) is 13.2 Å². The van der Waals surface area contributed by atoms with Gasteiger partial charge < -0.3 is 24.4 Å². The van der Waals surface area contributed by atoms with Gasteiger partial charge in [0, 0.05) is 43.6 Å². The van der Waals surface area contributed by atoms with Gasteiger partial charge in [0.15, 0.2) is 11.5 Å². The van der Waals surface area contributed by atoms with Crippen molar-refractivity contribution in [3.8, 4) is 28.5 Å². The molecule has 2 aromatic carbocycles. The topological polar surface area (TPSA) is 72.9 Å². The van der Waals surface area contributed by atoms with Gasteiger partial charge in [0.1, 0.15) is 9.88 Å². The van der Waals surface area contributed by atoms with E-state index in [1.165, 1.54) is 20.0 Å². The number of alkyl halides is 3. The number of aromatic nitrogens is 1. The monoisotopic (exact) mass is 601 g/mol. The SMILES string of the molecule is COc1cc(C(=O)N(Cc2nc(-c3ccccc3)c(C(F)(F)F)s2)C[C@@H]2C[C@@H]3CCCC[C@@H]3N2)cc2c1OC(C)(C)O2. The number of nitrogens with zero attached hydrogens (tertiary/aromatic N) is 2. The number of fused-ring (bicyclic) bond motifs is 2. The number of ether oxygens (including phenoxy) is 3. The highest BCUT2D eigenvalue weighted by Gasteiger charge is 2.40. The van der Waals surface area contributed by atoms with Crippen LogP contribution in [0.1, 0.15) is 66.2 Å². The van der Waals surface area contributed by atoms with Crippen LogP contribution < -0.4 is 19.5 Å². The third-order valence-electron chi connectivity index (χ3n) is 8.17. The number of rotatable bonds is 7. The summed E-state index contributed by atoms with van der Waals surface area (Å²) in [5.41, 5.74) is 0.570. The Hall–Kier alpha value is -3.31. The number of nitrogens with one attached hydrogen (secondary N) is 1. The van der Waals surface area contributed by atoms with Crippen LogP contribution in [-0.2, 0) is 12.7 Å². The quantitative estimate of drug-likeness (QED) is 0.318. The molecule has 3 aliphatic rings. The fourth-order valence-electron chi connectivity index (χ4n) is 6.38. The summed E-state index contributed by atoms with van der Waals surface area (Å²) in [6, 6.07) is 12.0. The Morgan fingerprint density at radius 3 is 2.64 bits per heavy atom. The van der Waals surface area contributed by atoms with Crippen LogP contribution in [0.15, 0.2) is 42.5 Å². The zero-order valence-corrected chi connectivity index (χ0v) is 24.6. The number of thiazole rings is 1. The maximum atomic E-state index is 14.1. The van der Waals surface area contributed by atoms with E-state index in [2.05, 4.69) is 10.3 Å². The predicted octanol–water partition coefficient (Wildman–Crippen LogP) is 6.91. The van der Waals surface area contributed by atoms with Crippen molar-refractivity contribution >= 4 is 17.2 Å². The molecule has 2 aliphatic heterocycles. The molecule has 6 rings (SSSR count). The van der Waals surface area contributed by atoms with E-state index in [9.17, 15) is 18.0 Å². The lowest BCUT2D eigenvalue weighted by molar-refractivity contribution is -0.134. The first-order chi connectivity index (χ1) is 20.0. The third-order valence-corrected chi connectivity index (χ3v) is 9.25.